The second-order valence-electron chi connectivity index (χ2n) is 7.08. The topological polar surface area (TPSA) is 63.5 Å². The molecule has 0 radical (unpaired) electrons. The summed E-state index contributed by atoms with van der Waals surface area (Å²) in [7, 11) is 1.89. The summed E-state index contributed by atoms with van der Waals surface area (Å²) in [5.41, 5.74) is 4.34. The summed E-state index contributed by atoms with van der Waals surface area (Å²) in [5.74, 6) is 0.840. The van der Waals surface area contributed by atoms with Crippen molar-refractivity contribution in [3.05, 3.63) is 59.9 Å². The lowest BCUT2D eigenvalue weighted by atomic mass is 10.0. The number of hydrogen-bond donors (Lipinski definition) is 0. The van der Waals surface area contributed by atoms with Gasteiger partial charge in [0.25, 0.3) is 5.91 Å². The van der Waals surface area contributed by atoms with Gasteiger partial charge in [-0.2, -0.15) is 5.10 Å². The summed E-state index contributed by atoms with van der Waals surface area (Å²) in [6.07, 6.45) is 3.75. The lowest BCUT2D eigenvalue weighted by Gasteiger charge is -2.28. The fourth-order valence-corrected chi connectivity index (χ4v) is 3.84. The molecular weight excluding hydrogens is 354 g/mol. The number of amides is 1. The standard InChI is InChI=1S/C21H21N5O2/c1-24-13-15(12-22-24)20-18-14-26(16-5-3-2-4-6-16)21(27)17(18)11-19(23-20)25-7-9-28-10-8-25/h2-6,11-13H,7-10,14H2,1H3. The van der Waals surface area contributed by atoms with Crippen LogP contribution in [-0.4, -0.2) is 47.0 Å². The van der Waals surface area contributed by atoms with E-state index < -0.39 is 0 Å². The van der Waals surface area contributed by atoms with E-state index in [0.29, 0.717) is 19.8 Å². The van der Waals surface area contributed by atoms with Gasteiger partial charge in [-0.1, -0.05) is 18.2 Å². The molecule has 0 atom stereocenters. The average molecular weight is 375 g/mol. The van der Waals surface area contributed by atoms with Crippen molar-refractivity contribution >= 4 is 17.4 Å². The third-order valence-corrected chi connectivity index (χ3v) is 5.28. The zero-order valence-electron chi connectivity index (χ0n) is 15.7. The first-order valence-corrected chi connectivity index (χ1v) is 9.43. The minimum Gasteiger partial charge on any atom is -0.378 e. The van der Waals surface area contributed by atoms with Crippen LogP contribution in [0.25, 0.3) is 11.3 Å². The van der Waals surface area contributed by atoms with Crippen molar-refractivity contribution in [2.24, 2.45) is 7.05 Å². The highest BCUT2D eigenvalue weighted by atomic mass is 16.5. The second kappa shape index (κ2) is 6.76. The summed E-state index contributed by atoms with van der Waals surface area (Å²) < 4.78 is 7.23. The number of aryl methyl sites for hydroxylation is 1. The molecule has 5 rings (SSSR count). The maximum atomic E-state index is 13.3. The molecule has 142 valence electrons. The monoisotopic (exact) mass is 375 g/mol. The van der Waals surface area contributed by atoms with Crippen molar-refractivity contribution < 1.29 is 9.53 Å². The Morgan fingerprint density at radius 3 is 2.61 bits per heavy atom. The third-order valence-electron chi connectivity index (χ3n) is 5.28. The predicted molar refractivity (Wildman–Crippen MR) is 106 cm³/mol. The van der Waals surface area contributed by atoms with Gasteiger partial charge in [-0.15, -0.1) is 0 Å². The molecule has 0 unspecified atom stereocenters. The van der Waals surface area contributed by atoms with Gasteiger partial charge in [-0.25, -0.2) is 4.98 Å². The van der Waals surface area contributed by atoms with E-state index in [-0.39, 0.29) is 5.91 Å². The number of benzene rings is 1. The number of morpholine rings is 1. The van der Waals surface area contributed by atoms with Gasteiger partial charge in [-0.3, -0.25) is 9.48 Å². The molecule has 1 saturated heterocycles. The smallest absolute Gasteiger partial charge is 0.259 e. The van der Waals surface area contributed by atoms with Crippen molar-refractivity contribution in [1.82, 2.24) is 14.8 Å². The van der Waals surface area contributed by atoms with Crippen LogP contribution in [0.2, 0.25) is 0 Å². The van der Waals surface area contributed by atoms with Crippen molar-refractivity contribution in [2.45, 2.75) is 6.54 Å². The van der Waals surface area contributed by atoms with Gasteiger partial charge in [0, 0.05) is 43.1 Å². The molecule has 0 aliphatic carbocycles. The van der Waals surface area contributed by atoms with Crippen LogP contribution in [0.15, 0.2) is 48.8 Å². The first-order valence-electron chi connectivity index (χ1n) is 9.43. The number of carbonyl (C=O) groups is 1. The summed E-state index contributed by atoms with van der Waals surface area (Å²) in [6.45, 7) is 3.40. The van der Waals surface area contributed by atoms with Gasteiger partial charge in [0.15, 0.2) is 0 Å². The van der Waals surface area contributed by atoms with E-state index in [1.165, 1.54) is 0 Å². The van der Waals surface area contributed by atoms with Crippen molar-refractivity contribution in [2.75, 3.05) is 36.1 Å². The van der Waals surface area contributed by atoms with E-state index in [2.05, 4.69) is 10.00 Å². The van der Waals surface area contributed by atoms with Crippen molar-refractivity contribution in [3.63, 3.8) is 0 Å². The zero-order valence-corrected chi connectivity index (χ0v) is 15.7. The molecule has 1 fully saturated rings. The lowest BCUT2D eigenvalue weighted by molar-refractivity contribution is 0.0996. The normalized spacial score (nSPS) is 16.5. The molecule has 0 bridgehead atoms. The van der Waals surface area contributed by atoms with Crippen LogP contribution in [0.5, 0.6) is 0 Å². The number of anilines is 2. The highest BCUT2D eigenvalue weighted by molar-refractivity contribution is 6.11. The highest BCUT2D eigenvalue weighted by Gasteiger charge is 2.33. The largest absolute Gasteiger partial charge is 0.378 e. The number of carbonyl (C=O) groups excluding carboxylic acids is 1. The fraction of sp³-hybridized carbons (Fsp3) is 0.286. The Labute approximate surface area is 163 Å². The fourth-order valence-electron chi connectivity index (χ4n) is 3.84. The molecule has 28 heavy (non-hydrogen) atoms. The zero-order chi connectivity index (χ0) is 19.1. The van der Waals surface area contributed by atoms with Crippen LogP contribution in [0, 0.1) is 0 Å². The molecule has 0 spiro atoms. The summed E-state index contributed by atoms with van der Waals surface area (Å²) in [6, 6.07) is 11.7. The van der Waals surface area contributed by atoms with Crippen LogP contribution in [0.3, 0.4) is 0 Å². The predicted octanol–water partition coefficient (Wildman–Crippen LogP) is 2.48. The Hall–Kier alpha value is -3.19. The van der Waals surface area contributed by atoms with Crippen LogP contribution in [0.1, 0.15) is 15.9 Å². The Kier molecular flexibility index (Phi) is 4.09. The Bertz CT molecular complexity index is 1020. The summed E-state index contributed by atoms with van der Waals surface area (Å²) in [4.78, 5) is 22.2. The van der Waals surface area contributed by atoms with Gasteiger partial charge in [0.2, 0.25) is 0 Å². The van der Waals surface area contributed by atoms with Crippen molar-refractivity contribution in [3.8, 4) is 11.3 Å². The van der Waals surface area contributed by atoms with Gasteiger partial charge >= 0.3 is 0 Å². The Morgan fingerprint density at radius 1 is 1.11 bits per heavy atom. The maximum absolute atomic E-state index is 13.3. The number of nitrogens with zero attached hydrogens (tertiary/aromatic N) is 5. The molecule has 2 aliphatic heterocycles. The van der Waals surface area contributed by atoms with E-state index in [1.807, 2.05) is 54.5 Å². The first-order chi connectivity index (χ1) is 13.7. The molecule has 7 nitrogen and oxygen atoms in total. The molecular formula is C21H21N5O2. The minimum absolute atomic E-state index is 0.0169. The van der Waals surface area contributed by atoms with Gasteiger partial charge in [0.05, 0.1) is 37.2 Å². The SMILES string of the molecule is Cn1cc(-c2nc(N3CCOCC3)cc3c2CN(c2ccccc2)C3=O)cn1. The van der Waals surface area contributed by atoms with E-state index in [0.717, 1.165) is 47.0 Å². The molecule has 0 saturated carbocycles. The van der Waals surface area contributed by atoms with Crippen molar-refractivity contribution in [1.29, 1.82) is 0 Å². The van der Waals surface area contributed by atoms with E-state index >= 15 is 0 Å². The highest BCUT2D eigenvalue weighted by Crippen LogP contribution is 2.36. The molecule has 3 aromatic rings. The Balaban J connectivity index is 1.62. The number of ether oxygens (including phenoxy) is 1. The van der Waals surface area contributed by atoms with E-state index in [1.54, 1.807) is 10.9 Å². The number of aromatic nitrogens is 3. The molecule has 2 aromatic heterocycles. The van der Waals surface area contributed by atoms with E-state index in [9.17, 15) is 4.79 Å². The van der Waals surface area contributed by atoms with Crippen LogP contribution in [-0.2, 0) is 18.3 Å². The molecule has 0 N–H and O–H groups in total. The lowest BCUT2D eigenvalue weighted by Crippen LogP contribution is -2.37. The number of hydrogen-bond acceptors (Lipinski definition) is 5. The second-order valence-corrected chi connectivity index (χ2v) is 7.08. The molecule has 1 aromatic carbocycles. The average Bonchev–Trinajstić information content (AvgIpc) is 3.32. The number of pyridine rings is 1. The maximum Gasteiger partial charge on any atom is 0.259 e. The molecule has 1 amide bonds. The first kappa shape index (κ1) is 16.9. The van der Waals surface area contributed by atoms with Gasteiger partial charge < -0.3 is 14.5 Å². The Morgan fingerprint density at radius 2 is 1.89 bits per heavy atom. The quantitative estimate of drug-likeness (QED) is 0.704. The van der Waals surface area contributed by atoms with Crippen LogP contribution < -0.4 is 9.80 Å². The number of rotatable bonds is 3. The van der Waals surface area contributed by atoms with Gasteiger partial charge in [0.1, 0.15) is 5.82 Å². The van der Waals surface area contributed by atoms with Crippen LogP contribution >= 0.6 is 0 Å². The van der Waals surface area contributed by atoms with Gasteiger partial charge in [-0.05, 0) is 18.2 Å². The summed E-state index contributed by atoms with van der Waals surface area (Å²) >= 11 is 0. The summed E-state index contributed by atoms with van der Waals surface area (Å²) in [5, 5.41) is 4.30. The van der Waals surface area contributed by atoms with Crippen LogP contribution in [0.4, 0.5) is 11.5 Å². The third kappa shape index (κ3) is 2.84. The number of para-hydroxylation sites is 1. The number of fused-ring (bicyclic) bond motifs is 1. The molecule has 7 heteroatoms. The van der Waals surface area contributed by atoms with E-state index in [4.69, 9.17) is 9.72 Å². The molecule has 4 heterocycles. The molecule has 2 aliphatic rings. The minimum atomic E-state index is 0.0169.